The van der Waals surface area contributed by atoms with Crippen molar-refractivity contribution in [1.29, 1.82) is 0 Å². The number of thiophene rings is 1. The Morgan fingerprint density at radius 1 is 1.57 bits per heavy atom. The van der Waals surface area contributed by atoms with Crippen molar-refractivity contribution >= 4 is 33.2 Å². The highest BCUT2D eigenvalue weighted by molar-refractivity contribution is 7.91. The summed E-state index contributed by atoms with van der Waals surface area (Å²) in [6.45, 7) is 2.95. The van der Waals surface area contributed by atoms with Gasteiger partial charge in [0.2, 0.25) is 5.91 Å². The van der Waals surface area contributed by atoms with Crippen LogP contribution in [0.3, 0.4) is 0 Å². The average Bonchev–Trinajstić information content (AvgIpc) is 2.92. The van der Waals surface area contributed by atoms with Crippen LogP contribution in [0, 0.1) is 0 Å². The number of carbonyl (C=O) groups excluding carboxylic acids is 1. The Morgan fingerprint density at radius 2 is 2.24 bits per heavy atom. The van der Waals surface area contributed by atoms with Gasteiger partial charge in [-0.2, -0.15) is 4.31 Å². The second-order valence-electron chi connectivity index (χ2n) is 4.18. The fourth-order valence-corrected chi connectivity index (χ4v) is 3.81. The predicted octanol–water partition coefficient (Wildman–Crippen LogP) is 0.514. The van der Waals surface area contributed by atoms with Crippen molar-refractivity contribution < 1.29 is 23.1 Å². The van der Waals surface area contributed by atoms with E-state index in [1.807, 2.05) is 0 Å². The molecule has 1 atom stereocenters. The summed E-state index contributed by atoms with van der Waals surface area (Å²) in [5.74, 6) is -1.89. The number of aliphatic carboxylic acids is 1. The molecule has 0 aliphatic heterocycles. The van der Waals surface area contributed by atoms with E-state index in [4.69, 9.17) is 5.11 Å². The van der Waals surface area contributed by atoms with Gasteiger partial charge in [-0.05, 0) is 17.9 Å². The van der Waals surface area contributed by atoms with Crippen LogP contribution in [0.5, 0.6) is 0 Å². The van der Waals surface area contributed by atoms with Gasteiger partial charge in [-0.1, -0.05) is 12.1 Å². The van der Waals surface area contributed by atoms with Crippen molar-refractivity contribution in [3.63, 3.8) is 0 Å². The number of nitrogens with zero attached hydrogens (tertiary/aromatic N) is 1. The zero-order chi connectivity index (χ0) is 16.0. The fourth-order valence-electron chi connectivity index (χ4n) is 1.48. The number of hydrogen-bond acceptors (Lipinski definition) is 5. The minimum Gasteiger partial charge on any atom is -0.480 e. The number of nitrogens with one attached hydrogen (secondary N) is 1. The average molecular weight is 332 g/mol. The molecule has 1 heterocycles. The lowest BCUT2D eigenvalue weighted by Gasteiger charge is -2.18. The molecule has 7 nitrogen and oxygen atoms in total. The van der Waals surface area contributed by atoms with Gasteiger partial charge in [0, 0.05) is 7.05 Å². The van der Waals surface area contributed by atoms with Crippen molar-refractivity contribution in [2.75, 3.05) is 13.6 Å². The van der Waals surface area contributed by atoms with Crippen LogP contribution in [0.25, 0.3) is 0 Å². The predicted molar refractivity (Wildman–Crippen MR) is 78.5 cm³/mol. The molecule has 0 fully saturated rings. The van der Waals surface area contributed by atoms with E-state index in [1.165, 1.54) is 19.2 Å². The van der Waals surface area contributed by atoms with Gasteiger partial charge in [-0.25, -0.2) is 13.2 Å². The lowest BCUT2D eigenvalue weighted by Crippen LogP contribution is -2.45. The van der Waals surface area contributed by atoms with Crippen LogP contribution >= 0.6 is 11.3 Å². The molecule has 1 aromatic heterocycles. The topological polar surface area (TPSA) is 104 Å². The quantitative estimate of drug-likeness (QED) is 0.675. The van der Waals surface area contributed by atoms with Crippen LogP contribution in [0.4, 0.5) is 0 Å². The number of amides is 1. The number of carbonyl (C=O) groups is 2. The standard InChI is InChI=1S/C12H16N2O5S2/c1-3-5-9(12(16)17)13-10(15)8-14(2)21(18,19)11-6-4-7-20-11/h3-4,6-7,9H,1,5,8H2,2H3,(H,13,15)(H,16,17). The molecule has 1 amide bonds. The molecule has 0 saturated carbocycles. The molecule has 21 heavy (non-hydrogen) atoms. The molecule has 0 spiro atoms. The summed E-state index contributed by atoms with van der Waals surface area (Å²) in [5.41, 5.74) is 0. The zero-order valence-electron chi connectivity index (χ0n) is 11.4. The summed E-state index contributed by atoms with van der Waals surface area (Å²) in [6.07, 6.45) is 1.42. The third-order valence-corrected chi connectivity index (χ3v) is 5.74. The Morgan fingerprint density at radius 3 is 2.71 bits per heavy atom. The van der Waals surface area contributed by atoms with Crippen LogP contribution in [-0.4, -0.2) is 49.3 Å². The minimum absolute atomic E-state index is 0.0580. The van der Waals surface area contributed by atoms with Crippen LogP contribution in [0.1, 0.15) is 6.42 Å². The molecule has 0 saturated heterocycles. The SMILES string of the molecule is C=CCC(NC(=O)CN(C)S(=O)(=O)c1cccs1)C(=O)O. The van der Waals surface area contributed by atoms with Gasteiger partial charge < -0.3 is 10.4 Å². The zero-order valence-corrected chi connectivity index (χ0v) is 13.0. The first-order valence-electron chi connectivity index (χ1n) is 5.92. The van der Waals surface area contributed by atoms with E-state index in [-0.39, 0.29) is 10.6 Å². The van der Waals surface area contributed by atoms with Crippen LogP contribution in [0.15, 0.2) is 34.4 Å². The molecule has 2 N–H and O–H groups in total. The minimum atomic E-state index is -3.74. The van der Waals surface area contributed by atoms with Gasteiger partial charge >= 0.3 is 5.97 Å². The van der Waals surface area contributed by atoms with E-state index in [0.29, 0.717) is 0 Å². The highest BCUT2D eigenvalue weighted by Crippen LogP contribution is 2.19. The highest BCUT2D eigenvalue weighted by Gasteiger charge is 2.25. The maximum absolute atomic E-state index is 12.1. The molecule has 0 aliphatic carbocycles. The smallest absolute Gasteiger partial charge is 0.326 e. The molecule has 116 valence electrons. The first kappa shape index (κ1) is 17.3. The van der Waals surface area contributed by atoms with Gasteiger partial charge in [0.25, 0.3) is 10.0 Å². The summed E-state index contributed by atoms with van der Waals surface area (Å²) in [5, 5.41) is 12.8. The van der Waals surface area contributed by atoms with Gasteiger partial charge in [0.1, 0.15) is 10.3 Å². The third-order valence-electron chi connectivity index (χ3n) is 2.56. The Balaban J connectivity index is 2.70. The lowest BCUT2D eigenvalue weighted by atomic mass is 10.2. The summed E-state index contributed by atoms with van der Waals surface area (Å²) in [6, 6.07) is 1.91. The Bertz CT molecular complexity index is 610. The molecule has 0 bridgehead atoms. The summed E-state index contributed by atoms with van der Waals surface area (Å²) >= 11 is 1.04. The second-order valence-corrected chi connectivity index (χ2v) is 7.40. The van der Waals surface area contributed by atoms with Gasteiger partial charge in [0.05, 0.1) is 6.54 Å². The second kappa shape index (κ2) is 7.34. The Kier molecular flexibility index (Phi) is 6.06. The van der Waals surface area contributed by atoms with Crippen molar-refractivity contribution in [2.45, 2.75) is 16.7 Å². The summed E-state index contributed by atoms with van der Waals surface area (Å²) in [4.78, 5) is 22.6. The number of carboxylic acids is 1. The largest absolute Gasteiger partial charge is 0.480 e. The number of carboxylic acid groups (broad SMARTS) is 1. The van der Waals surface area contributed by atoms with E-state index in [9.17, 15) is 18.0 Å². The van der Waals surface area contributed by atoms with E-state index in [0.717, 1.165) is 15.6 Å². The van der Waals surface area contributed by atoms with Crippen molar-refractivity contribution in [1.82, 2.24) is 9.62 Å². The first-order chi connectivity index (χ1) is 9.78. The van der Waals surface area contributed by atoms with E-state index in [1.54, 1.807) is 11.4 Å². The fraction of sp³-hybridized carbons (Fsp3) is 0.333. The van der Waals surface area contributed by atoms with Crippen molar-refractivity contribution in [3.8, 4) is 0 Å². The molecule has 1 rings (SSSR count). The van der Waals surface area contributed by atoms with Crippen LogP contribution < -0.4 is 5.32 Å². The van der Waals surface area contributed by atoms with Crippen molar-refractivity contribution in [2.24, 2.45) is 0 Å². The number of likely N-dealkylation sites (N-methyl/N-ethyl adjacent to an activating group) is 1. The number of rotatable bonds is 8. The monoisotopic (exact) mass is 332 g/mol. The normalized spacial score (nSPS) is 12.9. The first-order valence-corrected chi connectivity index (χ1v) is 8.24. The van der Waals surface area contributed by atoms with Crippen LogP contribution in [-0.2, 0) is 19.6 Å². The molecule has 0 radical (unpaired) electrons. The maximum atomic E-state index is 12.1. The van der Waals surface area contributed by atoms with Gasteiger partial charge in [0.15, 0.2) is 0 Å². The molecular weight excluding hydrogens is 316 g/mol. The Labute approximate surface area is 126 Å². The third kappa shape index (κ3) is 4.66. The van der Waals surface area contributed by atoms with Crippen molar-refractivity contribution in [3.05, 3.63) is 30.2 Å². The molecule has 0 aliphatic rings. The summed E-state index contributed by atoms with van der Waals surface area (Å²) in [7, 11) is -2.47. The van der Waals surface area contributed by atoms with E-state index < -0.39 is 34.5 Å². The molecule has 1 aromatic rings. The Hall–Kier alpha value is -1.71. The summed E-state index contributed by atoms with van der Waals surface area (Å²) < 4.78 is 25.2. The lowest BCUT2D eigenvalue weighted by molar-refractivity contribution is -0.141. The molecule has 0 aromatic carbocycles. The maximum Gasteiger partial charge on any atom is 0.326 e. The highest BCUT2D eigenvalue weighted by atomic mass is 32.2. The van der Waals surface area contributed by atoms with Crippen LogP contribution in [0.2, 0.25) is 0 Å². The number of sulfonamides is 1. The molecular formula is C12H16N2O5S2. The van der Waals surface area contributed by atoms with Gasteiger partial charge in [-0.3, -0.25) is 4.79 Å². The van der Waals surface area contributed by atoms with E-state index in [2.05, 4.69) is 11.9 Å². The molecule has 1 unspecified atom stereocenters. The van der Waals surface area contributed by atoms with Gasteiger partial charge in [-0.15, -0.1) is 17.9 Å². The van der Waals surface area contributed by atoms with E-state index >= 15 is 0 Å². The number of hydrogen-bond donors (Lipinski definition) is 2. The molecule has 9 heteroatoms.